The molecule has 7 heteroatoms. The Hall–Kier alpha value is -2.28. The lowest BCUT2D eigenvalue weighted by Crippen LogP contribution is -2.41. The number of rotatable bonds is 4. The third-order valence-electron chi connectivity index (χ3n) is 3.69. The molecule has 1 aliphatic heterocycles. The summed E-state index contributed by atoms with van der Waals surface area (Å²) in [7, 11) is 0. The number of likely N-dealkylation sites (tertiary alicyclic amines) is 1. The number of carbonyl (C=O) groups excluding carboxylic acids is 2. The highest BCUT2D eigenvalue weighted by Crippen LogP contribution is 2.16. The summed E-state index contributed by atoms with van der Waals surface area (Å²) in [5.41, 5.74) is 2.54. The van der Waals surface area contributed by atoms with Gasteiger partial charge in [-0.25, -0.2) is 0 Å². The second-order valence-corrected chi connectivity index (χ2v) is 5.91. The van der Waals surface area contributed by atoms with Gasteiger partial charge in [-0.05, 0) is 18.9 Å². The molecule has 0 aliphatic carbocycles. The molecule has 2 amide bonds. The normalized spacial score (nSPS) is 17.8. The fraction of sp³-hybridized carbons (Fsp3) is 0.333. The van der Waals surface area contributed by atoms with E-state index in [0.29, 0.717) is 19.5 Å². The van der Waals surface area contributed by atoms with Gasteiger partial charge < -0.3 is 10.2 Å². The van der Waals surface area contributed by atoms with Gasteiger partial charge in [0.05, 0.1) is 17.9 Å². The highest BCUT2D eigenvalue weighted by atomic mass is 32.1. The van der Waals surface area contributed by atoms with Crippen molar-refractivity contribution in [2.45, 2.75) is 25.9 Å². The maximum absolute atomic E-state index is 12.4. The molecule has 2 aromatic rings. The number of carbonyl (C=O) groups is 2. The minimum absolute atomic E-state index is 0.0443. The zero-order chi connectivity index (χ0) is 15.5. The van der Waals surface area contributed by atoms with Crippen molar-refractivity contribution in [3.8, 4) is 0 Å². The van der Waals surface area contributed by atoms with E-state index in [4.69, 9.17) is 0 Å². The average Bonchev–Trinajstić information content (AvgIpc) is 3.15. The molecule has 2 heterocycles. The first kappa shape index (κ1) is 14.6. The van der Waals surface area contributed by atoms with Crippen LogP contribution in [0.25, 0.3) is 0 Å². The van der Waals surface area contributed by atoms with Crippen LogP contribution in [-0.2, 0) is 11.3 Å². The van der Waals surface area contributed by atoms with E-state index in [1.54, 1.807) is 4.90 Å². The molecule has 22 heavy (non-hydrogen) atoms. The largest absolute Gasteiger partial charge is 0.339 e. The number of hydrogen-bond donors (Lipinski definition) is 1. The minimum atomic E-state index is -0.473. The smallest absolute Gasteiger partial charge is 0.273 e. The first-order chi connectivity index (χ1) is 10.6. The van der Waals surface area contributed by atoms with Crippen LogP contribution in [0.5, 0.6) is 0 Å². The van der Waals surface area contributed by atoms with Gasteiger partial charge in [0.2, 0.25) is 5.91 Å². The Morgan fingerprint density at radius 2 is 2.18 bits per heavy atom. The van der Waals surface area contributed by atoms with E-state index in [1.165, 1.54) is 11.8 Å². The molecular weight excluding hydrogens is 300 g/mol. The maximum atomic E-state index is 12.4. The van der Waals surface area contributed by atoms with E-state index in [1.807, 2.05) is 31.2 Å². The van der Waals surface area contributed by atoms with Crippen molar-refractivity contribution < 1.29 is 9.59 Å². The third-order valence-corrected chi connectivity index (χ3v) is 4.17. The summed E-state index contributed by atoms with van der Waals surface area (Å²) in [5.74, 6) is -0.388. The van der Waals surface area contributed by atoms with Crippen LogP contribution in [0.4, 0.5) is 0 Å². The minimum Gasteiger partial charge on any atom is -0.339 e. The van der Waals surface area contributed by atoms with Gasteiger partial charge in [0.25, 0.3) is 5.91 Å². The zero-order valence-electron chi connectivity index (χ0n) is 12.2. The van der Waals surface area contributed by atoms with E-state index in [9.17, 15) is 9.59 Å². The van der Waals surface area contributed by atoms with Gasteiger partial charge in [-0.15, -0.1) is 0 Å². The van der Waals surface area contributed by atoms with Crippen LogP contribution < -0.4 is 5.32 Å². The molecule has 0 radical (unpaired) electrons. The second-order valence-electron chi connectivity index (χ2n) is 5.35. The van der Waals surface area contributed by atoms with Crippen molar-refractivity contribution in [2.75, 3.05) is 6.54 Å². The van der Waals surface area contributed by atoms with Gasteiger partial charge in [0.1, 0.15) is 6.04 Å². The summed E-state index contributed by atoms with van der Waals surface area (Å²) >= 11 is 0.974. The summed E-state index contributed by atoms with van der Waals surface area (Å²) in [6.07, 6.45) is 2.03. The van der Waals surface area contributed by atoms with Crippen LogP contribution in [0.1, 0.15) is 28.0 Å². The number of amides is 2. The Morgan fingerprint density at radius 3 is 2.86 bits per heavy atom. The molecule has 1 saturated heterocycles. The van der Waals surface area contributed by atoms with Crippen LogP contribution in [0.15, 0.2) is 30.5 Å². The van der Waals surface area contributed by atoms with Crippen molar-refractivity contribution in [2.24, 2.45) is 0 Å². The second kappa shape index (κ2) is 6.23. The fourth-order valence-electron chi connectivity index (χ4n) is 2.44. The molecular formula is C15H16N4O2S. The van der Waals surface area contributed by atoms with Gasteiger partial charge in [-0.3, -0.25) is 9.59 Å². The zero-order valence-corrected chi connectivity index (χ0v) is 13.0. The topological polar surface area (TPSA) is 75.2 Å². The lowest BCUT2D eigenvalue weighted by molar-refractivity contribution is -0.129. The number of nitrogens with zero attached hydrogens (tertiary/aromatic N) is 3. The Bertz CT molecular complexity index is 669. The van der Waals surface area contributed by atoms with E-state index in [-0.39, 0.29) is 17.5 Å². The average molecular weight is 316 g/mol. The van der Waals surface area contributed by atoms with E-state index in [0.717, 1.165) is 17.3 Å². The number of benzene rings is 1. The molecule has 3 rings (SSSR count). The van der Waals surface area contributed by atoms with E-state index in [2.05, 4.69) is 14.1 Å². The van der Waals surface area contributed by atoms with Crippen molar-refractivity contribution in [1.29, 1.82) is 0 Å². The summed E-state index contributed by atoms with van der Waals surface area (Å²) in [4.78, 5) is 26.1. The number of aryl methyl sites for hydroxylation is 1. The number of nitrogens with one attached hydrogen (secondary N) is 1. The molecule has 114 valence electrons. The van der Waals surface area contributed by atoms with Crippen LogP contribution >= 0.6 is 11.7 Å². The van der Waals surface area contributed by atoms with Crippen LogP contribution in [0.2, 0.25) is 0 Å². The molecule has 1 atom stereocenters. The molecule has 0 unspecified atom stereocenters. The summed E-state index contributed by atoms with van der Waals surface area (Å²) in [6.45, 7) is 3.25. The molecule has 0 spiro atoms. The van der Waals surface area contributed by atoms with Crippen molar-refractivity contribution in [3.05, 3.63) is 47.3 Å². The Morgan fingerprint density at radius 1 is 1.41 bits per heavy atom. The summed E-state index contributed by atoms with van der Waals surface area (Å²) in [5, 5.41) is 2.73. The van der Waals surface area contributed by atoms with E-state index >= 15 is 0 Å². The van der Waals surface area contributed by atoms with Crippen LogP contribution in [0, 0.1) is 6.92 Å². The van der Waals surface area contributed by atoms with Crippen LogP contribution in [0.3, 0.4) is 0 Å². The highest BCUT2D eigenvalue weighted by Gasteiger charge is 2.33. The standard InChI is InChI=1S/C15H16N4O2S/c1-10-2-4-11(5-3-10)9-19-7-6-12(15(19)21)17-14(20)13-8-16-22-18-13/h2-5,8,12H,6-7,9H2,1H3,(H,17,20)/t12-/m1/s1. The molecule has 6 nitrogen and oxygen atoms in total. The fourth-order valence-corrected chi connectivity index (χ4v) is 2.85. The summed E-state index contributed by atoms with van der Waals surface area (Å²) in [6, 6.07) is 7.64. The predicted molar refractivity (Wildman–Crippen MR) is 82.4 cm³/mol. The van der Waals surface area contributed by atoms with Gasteiger partial charge >= 0.3 is 0 Å². The first-order valence-electron chi connectivity index (χ1n) is 7.06. The Labute approximate surface area is 132 Å². The molecule has 1 N–H and O–H groups in total. The van der Waals surface area contributed by atoms with Crippen molar-refractivity contribution in [1.82, 2.24) is 19.0 Å². The molecule has 1 fully saturated rings. The van der Waals surface area contributed by atoms with Crippen molar-refractivity contribution >= 4 is 23.5 Å². The Kier molecular flexibility index (Phi) is 4.15. The van der Waals surface area contributed by atoms with Crippen LogP contribution in [-0.4, -0.2) is 38.0 Å². The number of hydrogen-bond acceptors (Lipinski definition) is 5. The number of aromatic nitrogens is 2. The van der Waals surface area contributed by atoms with Gasteiger partial charge in [-0.1, -0.05) is 29.8 Å². The maximum Gasteiger partial charge on any atom is 0.273 e. The van der Waals surface area contributed by atoms with Gasteiger partial charge in [0.15, 0.2) is 5.69 Å². The molecule has 0 saturated carbocycles. The molecule has 1 aliphatic rings. The SMILES string of the molecule is Cc1ccc(CN2CC[C@@H](NC(=O)c3cnsn3)C2=O)cc1. The lowest BCUT2D eigenvalue weighted by Gasteiger charge is -2.17. The monoisotopic (exact) mass is 316 g/mol. The lowest BCUT2D eigenvalue weighted by atomic mass is 10.1. The van der Waals surface area contributed by atoms with Gasteiger partial charge in [0, 0.05) is 13.1 Å². The molecule has 1 aromatic carbocycles. The molecule has 0 bridgehead atoms. The van der Waals surface area contributed by atoms with E-state index < -0.39 is 6.04 Å². The summed E-state index contributed by atoms with van der Waals surface area (Å²) < 4.78 is 7.66. The molecule has 1 aromatic heterocycles. The highest BCUT2D eigenvalue weighted by molar-refractivity contribution is 6.99. The third kappa shape index (κ3) is 3.14. The van der Waals surface area contributed by atoms with Crippen molar-refractivity contribution in [3.63, 3.8) is 0 Å². The van der Waals surface area contributed by atoms with Gasteiger partial charge in [-0.2, -0.15) is 8.75 Å². The Balaban J connectivity index is 1.60. The quantitative estimate of drug-likeness (QED) is 0.924. The first-order valence-corrected chi connectivity index (χ1v) is 7.79. The predicted octanol–water partition coefficient (Wildman–Crippen LogP) is 1.38.